The summed E-state index contributed by atoms with van der Waals surface area (Å²) < 4.78 is 5.28. The number of methoxy groups -OCH3 is 1. The highest BCUT2D eigenvalue weighted by Gasteiger charge is 2.17. The number of halogens is 1. The molecule has 0 spiro atoms. The Kier molecular flexibility index (Phi) is 4.01. The lowest BCUT2D eigenvalue weighted by atomic mass is 10.2. The minimum atomic E-state index is -0.517. The van der Waals surface area contributed by atoms with E-state index >= 15 is 0 Å². The van der Waals surface area contributed by atoms with Crippen LogP contribution in [0, 0.1) is 3.57 Å². The van der Waals surface area contributed by atoms with Gasteiger partial charge in [0.05, 0.1) is 7.11 Å². The zero-order valence-electron chi connectivity index (χ0n) is 8.20. The molecule has 1 heterocycles. The van der Waals surface area contributed by atoms with Gasteiger partial charge in [0.1, 0.15) is 11.4 Å². The second kappa shape index (κ2) is 5.06. The van der Waals surface area contributed by atoms with Crippen molar-refractivity contribution in [3.05, 3.63) is 21.4 Å². The number of aromatic nitrogens is 1. The first-order valence-corrected chi connectivity index (χ1v) is 5.14. The van der Waals surface area contributed by atoms with Gasteiger partial charge >= 0.3 is 5.97 Å². The number of carbonyl (C=O) groups excluding carboxylic acids is 2. The topological polar surface area (TPSA) is 68.3 Å². The molecule has 0 saturated carbocycles. The van der Waals surface area contributed by atoms with Crippen LogP contribution in [0.1, 0.15) is 17.3 Å². The van der Waals surface area contributed by atoms with E-state index in [2.05, 4.69) is 15.0 Å². The van der Waals surface area contributed by atoms with Crippen LogP contribution in [0.25, 0.3) is 0 Å². The maximum atomic E-state index is 11.4. The first-order valence-electron chi connectivity index (χ1n) is 4.06. The number of hydrogen-bond acceptors (Lipinski definition) is 4. The molecule has 0 radical (unpaired) electrons. The van der Waals surface area contributed by atoms with Gasteiger partial charge < -0.3 is 10.1 Å². The largest absolute Gasteiger partial charge is 0.465 e. The molecule has 0 fully saturated rings. The fraction of sp³-hybridized carbons (Fsp3) is 0.222. The maximum absolute atomic E-state index is 11.4. The second-order valence-corrected chi connectivity index (χ2v) is 3.85. The van der Waals surface area contributed by atoms with Crippen molar-refractivity contribution in [2.24, 2.45) is 0 Å². The molecular formula is C9H9IN2O3. The minimum Gasteiger partial charge on any atom is -0.465 e. The van der Waals surface area contributed by atoms with Crippen molar-refractivity contribution in [2.75, 3.05) is 12.4 Å². The minimum absolute atomic E-state index is 0.223. The van der Waals surface area contributed by atoms with E-state index in [0.717, 1.165) is 0 Å². The van der Waals surface area contributed by atoms with Crippen molar-refractivity contribution in [2.45, 2.75) is 6.92 Å². The number of ether oxygens (including phenoxy) is 1. The van der Waals surface area contributed by atoms with Gasteiger partial charge in [0.15, 0.2) is 0 Å². The monoisotopic (exact) mass is 320 g/mol. The van der Waals surface area contributed by atoms with Crippen LogP contribution in [-0.4, -0.2) is 24.0 Å². The van der Waals surface area contributed by atoms with Gasteiger partial charge in [0.2, 0.25) is 5.91 Å². The fourth-order valence-corrected chi connectivity index (χ4v) is 1.63. The molecule has 0 atom stereocenters. The molecule has 0 aliphatic carbocycles. The molecule has 1 N–H and O–H groups in total. The van der Waals surface area contributed by atoms with E-state index in [9.17, 15) is 9.59 Å². The van der Waals surface area contributed by atoms with Gasteiger partial charge in [-0.3, -0.25) is 4.79 Å². The van der Waals surface area contributed by atoms with Crippen LogP contribution >= 0.6 is 22.6 Å². The van der Waals surface area contributed by atoms with Gasteiger partial charge in [-0.2, -0.15) is 0 Å². The number of anilines is 1. The van der Waals surface area contributed by atoms with E-state index in [1.165, 1.54) is 20.2 Å². The lowest BCUT2D eigenvalue weighted by Crippen LogP contribution is -2.14. The third kappa shape index (κ3) is 2.88. The van der Waals surface area contributed by atoms with Crippen molar-refractivity contribution in [1.29, 1.82) is 0 Å². The van der Waals surface area contributed by atoms with Crippen LogP contribution < -0.4 is 5.32 Å². The van der Waals surface area contributed by atoms with Crippen LogP contribution in [-0.2, 0) is 9.53 Å². The number of esters is 1. The molecular weight excluding hydrogens is 311 g/mol. The number of carbonyl (C=O) groups is 2. The summed E-state index contributed by atoms with van der Waals surface area (Å²) >= 11 is 1.98. The summed E-state index contributed by atoms with van der Waals surface area (Å²) in [6.07, 6.45) is 1.51. The summed E-state index contributed by atoms with van der Waals surface area (Å²) in [5, 5.41) is 2.47. The Morgan fingerprint density at radius 3 is 2.73 bits per heavy atom. The quantitative estimate of drug-likeness (QED) is 0.661. The average Bonchev–Trinajstić information content (AvgIpc) is 2.16. The summed E-state index contributed by atoms with van der Waals surface area (Å²) in [5.74, 6) is -0.577. The van der Waals surface area contributed by atoms with Crippen LogP contribution in [0.3, 0.4) is 0 Å². The predicted molar refractivity (Wildman–Crippen MR) is 62.6 cm³/mol. The van der Waals surface area contributed by atoms with E-state index < -0.39 is 5.97 Å². The Hall–Kier alpha value is -1.18. The van der Waals surface area contributed by atoms with Gasteiger partial charge in [-0.25, -0.2) is 9.78 Å². The van der Waals surface area contributed by atoms with Gasteiger partial charge in [-0.15, -0.1) is 0 Å². The Bertz CT molecular complexity index is 406. The summed E-state index contributed by atoms with van der Waals surface area (Å²) in [6.45, 7) is 1.35. The van der Waals surface area contributed by atoms with Crippen LogP contribution in [0.2, 0.25) is 0 Å². The fourth-order valence-electron chi connectivity index (χ4n) is 0.996. The third-order valence-electron chi connectivity index (χ3n) is 1.58. The van der Waals surface area contributed by atoms with Gasteiger partial charge in [-0.1, -0.05) is 0 Å². The summed E-state index contributed by atoms with van der Waals surface area (Å²) in [4.78, 5) is 26.2. The highest BCUT2D eigenvalue weighted by Crippen LogP contribution is 2.19. The Balaban J connectivity index is 3.20. The van der Waals surface area contributed by atoms with Crippen LogP contribution in [0.4, 0.5) is 5.82 Å². The number of rotatable bonds is 2. The lowest BCUT2D eigenvalue weighted by Gasteiger charge is -2.08. The van der Waals surface area contributed by atoms with E-state index in [1.54, 1.807) is 6.07 Å². The smallest absolute Gasteiger partial charge is 0.342 e. The van der Waals surface area contributed by atoms with Crippen molar-refractivity contribution in [3.8, 4) is 0 Å². The molecule has 15 heavy (non-hydrogen) atoms. The molecule has 1 aromatic heterocycles. The highest BCUT2D eigenvalue weighted by molar-refractivity contribution is 14.1. The van der Waals surface area contributed by atoms with E-state index in [1.807, 2.05) is 22.6 Å². The standard InChI is InChI=1S/C9H9IN2O3/c1-5(13)12-8-7(9(14)15-2)6(10)3-4-11-8/h3-4H,1-2H3,(H,11,12,13). The van der Waals surface area contributed by atoms with Crippen molar-refractivity contribution < 1.29 is 14.3 Å². The molecule has 0 aliphatic heterocycles. The molecule has 6 heteroatoms. The van der Waals surface area contributed by atoms with Crippen LogP contribution in [0.5, 0.6) is 0 Å². The summed E-state index contributed by atoms with van der Waals surface area (Å²) in [7, 11) is 1.28. The Labute approximate surface area is 100 Å². The number of pyridine rings is 1. The van der Waals surface area contributed by atoms with E-state index in [4.69, 9.17) is 0 Å². The molecule has 1 aromatic rings. The SMILES string of the molecule is COC(=O)c1c(I)ccnc1NC(C)=O. The molecule has 80 valence electrons. The molecule has 5 nitrogen and oxygen atoms in total. The number of hydrogen-bond donors (Lipinski definition) is 1. The highest BCUT2D eigenvalue weighted by atomic mass is 127. The first kappa shape index (κ1) is 11.9. The Morgan fingerprint density at radius 2 is 2.20 bits per heavy atom. The van der Waals surface area contributed by atoms with E-state index in [-0.39, 0.29) is 17.3 Å². The van der Waals surface area contributed by atoms with Crippen molar-refractivity contribution >= 4 is 40.3 Å². The molecule has 0 aliphatic rings. The van der Waals surface area contributed by atoms with Crippen molar-refractivity contribution in [3.63, 3.8) is 0 Å². The first-order chi connectivity index (χ1) is 7.06. The molecule has 1 rings (SSSR count). The lowest BCUT2D eigenvalue weighted by molar-refractivity contribution is -0.114. The van der Waals surface area contributed by atoms with E-state index in [0.29, 0.717) is 3.57 Å². The van der Waals surface area contributed by atoms with Gasteiger partial charge in [0.25, 0.3) is 0 Å². The zero-order valence-corrected chi connectivity index (χ0v) is 10.4. The van der Waals surface area contributed by atoms with Crippen LogP contribution in [0.15, 0.2) is 12.3 Å². The van der Waals surface area contributed by atoms with Crippen molar-refractivity contribution in [1.82, 2.24) is 4.98 Å². The number of nitrogens with one attached hydrogen (secondary N) is 1. The second-order valence-electron chi connectivity index (χ2n) is 2.69. The molecule has 0 unspecified atom stereocenters. The normalized spacial score (nSPS) is 9.53. The molecule has 1 amide bonds. The number of nitrogens with zero attached hydrogens (tertiary/aromatic N) is 1. The molecule has 0 saturated heterocycles. The predicted octanol–water partition coefficient (Wildman–Crippen LogP) is 1.43. The zero-order chi connectivity index (χ0) is 11.4. The average molecular weight is 320 g/mol. The third-order valence-corrected chi connectivity index (χ3v) is 2.48. The molecule has 0 aromatic carbocycles. The maximum Gasteiger partial charge on any atom is 0.342 e. The Morgan fingerprint density at radius 1 is 1.53 bits per heavy atom. The summed E-state index contributed by atoms with van der Waals surface area (Å²) in [6, 6.07) is 1.66. The summed E-state index contributed by atoms with van der Waals surface area (Å²) in [5.41, 5.74) is 0.274. The van der Waals surface area contributed by atoms with Gasteiger partial charge in [0, 0.05) is 16.7 Å². The number of amides is 1. The molecule has 0 bridgehead atoms. The van der Waals surface area contributed by atoms with Gasteiger partial charge in [-0.05, 0) is 28.7 Å².